The van der Waals surface area contributed by atoms with Crippen LogP contribution in [0.4, 0.5) is 11.4 Å². The highest BCUT2D eigenvalue weighted by Gasteiger charge is 2.17. The topological polar surface area (TPSA) is 102 Å². The van der Waals surface area contributed by atoms with Crippen LogP contribution >= 0.6 is 0 Å². The third-order valence-corrected chi connectivity index (χ3v) is 5.15. The lowest BCUT2D eigenvalue weighted by Crippen LogP contribution is -2.27. The van der Waals surface area contributed by atoms with E-state index >= 15 is 0 Å². The Bertz CT molecular complexity index is 1060. The van der Waals surface area contributed by atoms with Gasteiger partial charge in [-0.05, 0) is 61.9 Å². The van der Waals surface area contributed by atoms with Crippen molar-refractivity contribution in [3.63, 3.8) is 0 Å². The van der Waals surface area contributed by atoms with E-state index in [1.807, 2.05) is 38.2 Å². The standard InChI is InChI=1S/C21H24N4O4S/c1-16(2)29-20-10-8-19(9-11-20)24-30(27,28)15-21(26)23-18-6-4-17(5-7-18)14-25-13-3-12-22-25/h3-13,16,24H,14-15H2,1-2H3,(H,23,26). The van der Waals surface area contributed by atoms with Gasteiger partial charge in [-0.15, -0.1) is 0 Å². The minimum Gasteiger partial charge on any atom is -0.491 e. The van der Waals surface area contributed by atoms with Crippen molar-refractivity contribution in [2.24, 2.45) is 0 Å². The number of ether oxygens (including phenoxy) is 1. The summed E-state index contributed by atoms with van der Waals surface area (Å²) in [6, 6.07) is 15.5. The highest BCUT2D eigenvalue weighted by atomic mass is 32.2. The second-order valence-electron chi connectivity index (χ2n) is 7.00. The first-order chi connectivity index (χ1) is 14.3. The third-order valence-electron chi connectivity index (χ3n) is 3.96. The van der Waals surface area contributed by atoms with E-state index in [1.165, 1.54) is 0 Å². The largest absolute Gasteiger partial charge is 0.491 e. The molecule has 0 saturated heterocycles. The molecule has 0 unspecified atom stereocenters. The van der Waals surface area contributed by atoms with Gasteiger partial charge in [0.15, 0.2) is 0 Å². The van der Waals surface area contributed by atoms with Crippen molar-refractivity contribution in [1.29, 1.82) is 0 Å². The monoisotopic (exact) mass is 428 g/mol. The van der Waals surface area contributed by atoms with Crippen molar-refractivity contribution < 1.29 is 17.9 Å². The molecule has 0 fully saturated rings. The zero-order valence-corrected chi connectivity index (χ0v) is 17.6. The number of hydrogen-bond acceptors (Lipinski definition) is 5. The van der Waals surface area contributed by atoms with E-state index in [1.54, 1.807) is 47.3 Å². The molecule has 2 aromatic carbocycles. The van der Waals surface area contributed by atoms with Crippen LogP contribution in [0.5, 0.6) is 5.75 Å². The lowest BCUT2D eigenvalue weighted by molar-refractivity contribution is -0.113. The molecule has 30 heavy (non-hydrogen) atoms. The lowest BCUT2D eigenvalue weighted by atomic mass is 10.2. The van der Waals surface area contributed by atoms with Crippen LogP contribution in [0.15, 0.2) is 67.0 Å². The van der Waals surface area contributed by atoms with Crippen LogP contribution in [0.1, 0.15) is 19.4 Å². The summed E-state index contributed by atoms with van der Waals surface area (Å²) in [5.74, 6) is -0.671. The highest BCUT2D eigenvalue weighted by Crippen LogP contribution is 2.18. The molecule has 1 aromatic heterocycles. The summed E-state index contributed by atoms with van der Waals surface area (Å²) < 4.78 is 34.3. The van der Waals surface area contributed by atoms with Gasteiger partial charge < -0.3 is 10.1 Å². The van der Waals surface area contributed by atoms with Crippen LogP contribution in [0, 0.1) is 0 Å². The van der Waals surface area contributed by atoms with Gasteiger partial charge in [-0.3, -0.25) is 14.2 Å². The summed E-state index contributed by atoms with van der Waals surface area (Å²) in [5.41, 5.74) is 1.90. The second-order valence-corrected chi connectivity index (χ2v) is 8.72. The van der Waals surface area contributed by atoms with Gasteiger partial charge in [0.2, 0.25) is 15.9 Å². The maximum atomic E-state index is 12.3. The van der Waals surface area contributed by atoms with Gasteiger partial charge in [0.05, 0.1) is 12.6 Å². The molecule has 0 bridgehead atoms. The fourth-order valence-electron chi connectivity index (χ4n) is 2.73. The van der Waals surface area contributed by atoms with Crippen LogP contribution in [-0.2, 0) is 21.4 Å². The lowest BCUT2D eigenvalue weighted by Gasteiger charge is -2.12. The summed E-state index contributed by atoms with van der Waals surface area (Å²) in [6.45, 7) is 4.42. The molecule has 0 aliphatic heterocycles. The van der Waals surface area contributed by atoms with Gasteiger partial charge in [0, 0.05) is 23.8 Å². The van der Waals surface area contributed by atoms with Gasteiger partial charge in [-0.1, -0.05) is 12.1 Å². The maximum Gasteiger partial charge on any atom is 0.241 e. The molecule has 2 N–H and O–H groups in total. The van der Waals surface area contributed by atoms with E-state index in [-0.39, 0.29) is 6.10 Å². The van der Waals surface area contributed by atoms with Crippen LogP contribution in [0.3, 0.4) is 0 Å². The Morgan fingerprint density at radius 1 is 1.07 bits per heavy atom. The number of hydrogen-bond donors (Lipinski definition) is 2. The Hall–Kier alpha value is -3.33. The minimum absolute atomic E-state index is 0.0239. The van der Waals surface area contributed by atoms with Crippen LogP contribution in [0.2, 0.25) is 0 Å². The zero-order valence-electron chi connectivity index (χ0n) is 16.8. The van der Waals surface area contributed by atoms with Crippen LogP contribution in [-0.4, -0.2) is 36.0 Å². The van der Waals surface area contributed by atoms with Crippen molar-refractivity contribution >= 4 is 27.3 Å². The number of rotatable bonds is 9. The summed E-state index contributed by atoms with van der Waals surface area (Å²) in [7, 11) is -3.85. The van der Waals surface area contributed by atoms with Crippen molar-refractivity contribution in [2.75, 3.05) is 15.8 Å². The molecule has 3 rings (SSSR count). The van der Waals surface area contributed by atoms with E-state index in [4.69, 9.17) is 4.74 Å². The molecule has 0 radical (unpaired) electrons. The van der Waals surface area contributed by atoms with E-state index < -0.39 is 21.7 Å². The van der Waals surface area contributed by atoms with Gasteiger partial charge in [0.25, 0.3) is 0 Å². The van der Waals surface area contributed by atoms with Crippen LogP contribution < -0.4 is 14.8 Å². The molecular weight excluding hydrogens is 404 g/mol. The van der Waals surface area contributed by atoms with Gasteiger partial charge >= 0.3 is 0 Å². The molecule has 0 spiro atoms. The predicted octanol–water partition coefficient (Wildman–Crippen LogP) is 3.10. The Morgan fingerprint density at radius 2 is 1.73 bits per heavy atom. The Balaban J connectivity index is 1.53. The molecular formula is C21H24N4O4S. The molecule has 9 heteroatoms. The number of nitrogens with zero attached hydrogens (tertiary/aromatic N) is 2. The average Bonchev–Trinajstić information content (AvgIpc) is 3.17. The number of carbonyl (C=O) groups is 1. The first kappa shape index (κ1) is 21.4. The second kappa shape index (κ2) is 9.45. The minimum atomic E-state index is -3.85. The zero-order chi connectivity index (χ0) is 21.6. The number of sulfonamides is 1. The average molecular weight is 429 g/mol. The fraction of sp³-hybridized carbons (Fsp3) is 0.238. The van der Waals surface area contributed by atoms with Crippen molar-refractivity contribution in [2.45, 2.75) is 26.5 Å². The third kappa shape index (κ3) is 6.63. The molecule has 1 amide bonds. The number of amides is 1. The van der Waals surface area contributed by atoms with E-state index in [0.29, 0.717) is 23.7 Å². The summed E-state index contributed by atoms with van der Waals surface area (Å²) in [5, 5.41) is 6.74. The molecule has 1 heterocycles. The summed E-state index contributed by atoms with van der Waals surface area (Å²) >= 11 is 0. The Morgan fingerprint density at radius 3 is 2.33 bits per heavy atom. The van der Waals surface area contributed by atoms with Crippen molar-refractivity contribution in [3.05, 3.63) is 72.6 Å². The number of carbonyl (C=O) groups excluding carboxylic acids is 1. The molecule has 158 valence electrons. The normalized spacial score (nSPS) is 11.3. The first-order valence-corrected chi connectivity index (χ1v) is 11.1. The molecule has 8 nitrogen and oxygen atoms in total. The number of nitrogens with one attached hydrogen (secondary N) is 2. The predicted molar refractivity (Wildman–Crippen MR) is 116 cm³/mol. The van der Waals surface area contributed by atoms with Gasteiger partial charge in [-0.25, -0.2) is 8.42 Å². The summed E-state index contributed by atoms with van der Waals surface area (Å²) in [6.07, 6.45) is 3.59. The molecule has 3 aromatic rings. The van der Waals surface area contributed by atoms with Crippen LogP contribution in [0.25, 0.3) is 0 Å². The first-order valence-electron chi connectivity index (χ1n) is 9.42. The van der Waals surface area contributed by atoms with Crippen molar-refractivity contribution in [3.8, 4) is 5.75 Å². The van der Waals surface area contributed by atoms with E-state index in [2.05, 4.69) is 15.1 Å². The number of benzene rings is 2. The molecule has 0 atom stereocenters. The number of anilines is 2. The van der Waals surface area contributed by atoms with Gasteiger partial charge in [-0.2, -0.15) is 5.10 Å². The Labute approximate surface area is 175 Å². The van der Waals surface area contributed by atoms with Gasteiger partial charge in [0.1, 0.15) is 11.5 Å². The maximum absolute atomic E-state index is 12.3. The number of aromatic nitrogens is 2. The molecule has 0 saturated carbocycles. The molecule has 0 aliphatic rings. The highest BCUT2D eigenvalue weighted by molar-refractivity contribution is 7.93. The smallest absolute Gasteiger partial charge is 0.241 e. The SMILES string of the molecule is CC(C)Oc1ccc(NS(=O)(=O)CC(=O)Nc2ccc(Cn3cccn3)cc2)cc1. The van der Waals surface area contributed by atoms with Crippen molar-refractivity contribution in [1.82, 2.24) is 9.78 Å². The van der Waals surface area contributed by atoms with E-state index in [9.17, 15) is 13.2 Å². The van der Waals surface area contributed by atoms with E-state index in [0.717, 1.165) is 5.56 Å². The molecule has 0 aliphatic carbocycles. The quantitative estimate of drug-likeness (QED) is 0.545. The summed E-state index contributed by atoms with van der Waals surface area (Å²) in [4.78, 5) is 12.2. The fourth-order valence-corrected chi connectivity index (χ4v) is 3.72. The Kier molecular flexibility index (Phi) is 6.73.